The molecule has 1 aromatic heterocycles. The predicted octanol–water partition coefficient (Wildman–Crippen LogP) is 7.17. The molecule has 1 heterocycles. The van der Waals surface area contributed by atoms with Crippen LogP contribution in [0, 0.1) is 0 Å². The van der Waals surface area contributed by atoms with Crippen molar-refractivity contribution in [3.63, 3.8) is 0 Å². The van der Waals surface area contributed by atoms with Crippen LogP contribution in [0.25, 0.3) is 22.5 Å². The minimum Gasteiger partial charge on any atom is -0.209 e. The Hall–Kier alpha value is -3.04. The Labute approximate surface area is 188 Å². The van der Waals surface area contributed by atoms with Crippen LogP contribution in [0.15, 0.2) is 84.0 Å². The number of aromatic nitrogens is 3. The van der Waals surface area contributed by atoms with Crippen molar-refractivity contribution in [1.82, 2.24) is 15.0 Å². The highest BCUT2D eigenvalue weighted by atomic mass is 35.5. The van der Waals surface area contributed by atoms with E-state index in [0.717, 1.165) is 71.3 Å². The van der Waals surface area contributed by atoms with E-state index in [-0.39, 0.29) is 0 Å². The molecule has 3 nitrogen and oxygen atoms in total. The van der Waals surface area contributed by atoms with Gasteiger partial charge in [0.05, 0.1) is 0 Å². The molecule has 0 spiro atoms. The molecule has 5 rings (SSSR count). The average Bonchev–Trinajstić information content (AvgIpc) is 2.85. The standard InChI is InChI=1S/C27H24ClN3/c28-24-13-7-12-23(18-24)19-14-16-22(17-15-19)27-30-25(20-8-3-1-4-9-20)29-26(31-27)21-10-5-2-6-11-21/h1,3,5,7-8,10-17,23H,2,4,6,9,18H2. The maximum atomic E-state index is 6.23. The highest BCUT2D eigenvalue weighted by molar-refractivity contribution is 6.29. The number of nitrogens with zero attached hydrogens (tertiary/aromatic N) is 3. The molecule has 4 heteroatoms. The van der Waals surface area contributed by atoms with E-state index in [4.69, 9.17) is 26.6 Å². The van der Waals surface area contributed by atoms with Gasteiger partial charge in [0.15, 0.2) is 17.5 Å². The van der Waals surface area contributed by atoms with Crippen LogP contribution >= 0.6 is 11.6 Å². The van der Waals surface area contributed by atoms with Gasteiger partial charge in [0.1, 0.15) is 0 Å². The fourth-order valence-corrected chi connectivity index (χ4v) is 4.33. The number of halogens is 1. The summed E-state index contributed by atoms with van der Waals surface area (Å²) in [4.78, 5) is 14.5. The molecule has 0 saturated carbocycles. The maximum Gasteiger partial charge on any atom is 0.164 e. The molecule has 0 saturated heterocycles. The van der Waals surface area contributed by atoms with Crippen LogP contribution in [0.4, 0.5) is 0 Å². The van der Waals surface area contributed by atoms with E-state index in [1.807, 2.05) is 12.2 Å². The summed E-state index contributed by atoms with van der Waals surface area (Å²) in [6, 6.07) is 8.54. The van der Waals surface area contributed by atoms with Gasteiger partial charge < -0.3 is 0 Å². The summed E-state index contributed by atoms with van der Waals surface area (Å²) in [5.74, 6) is 2.56. The van der Waals surface area contributed by atoms with Crippen LogP contribution in [0.1, 0.15) is 55.2 Å². The lowest BCUT2D eigenvalue weighted by molar-refractivity contribution is 0.842. The molecule has 2 aromatic rings. The van der Waals surface area contributed by atoms with Gasteiger partial charge in [-0.15, -0.1) is 0 Å². The molecule has 154 valence electrons. The summed E-state index contributed by atoms with van der Waals surface area (Å²) >= 11 is 6.23. The molecular weight excluding hydrogens is 402 g/mol. The minimum atomic E-state index is 0.313. The second kappa shape index (κ2) is 8.99. The van der Waals surface area contributed by atoms with Crippen LogP contribution in [0.2, 0.25) is 0 Å². The SMILES string of the molecule is ClC1=CC=CC(c2ccc(-c3nc(C4=CCCC=C4)nc(C4=CC=CCC4)n3)cc2)C1. The Bertz CT molecular complexity index is 1160. The van der Waals surface area contributed by atoms with Crippen molar-refractivity contribution in [2.75, 3.05) is 0 Å². The highest BCUT2D eigenvalue weighted by Crippen LogP contribution is 2.32. The molecule has 0 radical (unpaired) electrons. The summed E-state index contributed by atoms with van der Waals surface area (Å²) in [5.41, 5.74) is 4.49. The third-order valence-electron chi connectivity index (χ3n) is 5.82. The van der Waals surface area contributed by atoms with Gasteiger partial charge in [-0.25, -0.2) is 15.0 Å². The molecule has 0 aliphatic heterocycles. The van der Waals surface area contributed by atoms with Gasteiger partial charge in [-0.1, -0.05) is 84.5 Å². The predicted molar refractivity (Wildman–Crippen MR) is 128 cm³/mol. The summed E-state index contributed by atoms with van der Waals surface area (Å²) in [5, 5.41) is 0.895. The Kier molecular flexibility index (Phi) is 5.77. The highest BCUT2D eigenvalue weighted by Gasteiger charge is 2.16. The topological polar surface area (TPSA) is 38.7 Å². The van der Waals surface area contributed by atoms with Crippen LogP contribution in [-0.4, -0.2) is 15.0 Å². The number of hydrogen-bond donors (Lipinski definition) is 0. The number of benzene rings is 1. The maximum absolute atomic E-state index is 6.23. The van der Waals surface area contributed by atoms with Crippen molar-refractivity contribution in [2.45, 2.75) is 38.0 Å². The first-order valence-electron chi connectivity index (χ1n) is 10.9. The van der Waals surface area contributed by atoms with Gasteiger partial charge in [0, 0.05) is 22.1 Å². The zero-order chi connectivity index (χ0) is 21.0. The first kappa shape index (κ1) is 19.9. The molecule has 1 aromatic carbocycles. The number of allylic oxidation sites excluding steroid dienone is 12. The van der Waals surface area contributed by atoms with Crippen molar-refractivity contribution in [3.05, 3.63) is 101 Å². The van der Waals surface area contributed by atoms with Crippen LogP contribution < -0.4 is 0 Å². The Balaban J connectivity index is 1.52. The zero-order valence-corrected chi connectivity index (χ0v) is 18.1. The molecule has 0 amide bonds. The monoisotopic (exact) mass is 425 g/mol. The lowest BCUT2D eigenvalue weighted by atomic mass is 9.92. The molecular formula is C27H24ClN3. The first-order valence-corrected chi connectivity index (χ1v) is 11.3. The third kappa shape index (κ3) is 4.52. The van der Waals surface area contributed by atoms with E-state index >= 15 is 0 Å². The van der Waals surface area contributed by atoms with Crippen LogP contribution in [0.5, 0.6) is 0 Å². The van der Waals surface area contributed by atoms with Gasteiger partial charge in [0.2, 0.25) is 0 Å². The van der Waals surface area contributed by atoms with E-state index in [0.29, 0.717) is 5.92 Å². The fraction of sp³-hybridized carbons (Fsp3) is 0.222. The molecule has 31 heavy (non-hydrogen) atoms. The van der Waals surface area contributed by atoms with Gasteiger partial charge in [-0.3, -0.25) is 0 Å². The second-order valence-electron chi connectivity index (χ2n) is 8.04. The van der Waals surface area contributed by atoms with Crippen molar-refractivity contribution in [3.8, 4) is 11.4 Å². The first-order chi connectivity index (χ1) is 15.3. The second-order valence-corrected chi connectivity index (χ2v) is 8.52. The Morgan fingerprint density at radius 1 is 0.806 bits per heavy atom. The normalized spacial score (nSPS) is 20.3. The van der Waals surface area contributed by atoms with Crippen molar-refractivity contribution in [1.29, 1.82) is 0 Å². The molecule has 3 aliphatic rings. The van der Waals surface area contributed by atoms with Crippen molar-refractivity contribution >= 4 is 22.7 Å². The summed E-state index contributed by atoms with van der Waals surface area (Å²) < 4.78 is 0. The molecule has 0 fully saturated rings. The lowest BCUT2D eigenvalue weighted by Gasteiger charge is -2.16. The van der Waals surface area contributed by atoms with Gasteiger partial charge in [-0.2, -0.15) is 0 Å². The third-order valence-corrected chi connectivity index (χ3v) is 6.10. The molecule has 0 N–H and O–H groups in total. The van der Waals surface area contributed by atoms with Crippen molar-refractivity contribution < 1.29 is 0 Å². The molecule has 3 aliphatic carbocycles. The number of rotatable bonds is 4. The average molecular weight is 426 g/mol. The molecule has 1 unspecified atom stereocenters. The van der Waals surface area contributed by atoms with Gasteiger partial charge in [-0.05, 0) is 49.3 Å². The van der Waals surface area contributed by atoms with Crippen LogP contribution in [-0.2, 0) is 0 Å². The summed E-state index contributed by atoms with van der Waals surface area (Å²) in [6.45, 7) is 0. The van der Waals surface area contributed by atoms with Crippen LogP contribution in [0.3, 0.4) is 0 Å². The summed E-state index contributed by atoms with van der Waals surface area (Å²) in [7, 11) is 0. The minimum absolute atomic E-state index is 0.313. The van der Waals surface area contributed by atoms with E-state index in [2.05, 4.69) is 66.8 Å². The van der Waals surface area contributed by atoms with Crippen molar-refractivity contribution in [2.24, 2.45) is 0 Å². The largest absolute Gasteiger partial charge is 0.209 e. The van der Waals surface area contributed by atoms with Gasteiger partial charge in [0.25, 0.3) is 0 Å². The quantitative estimate of drug-likeness (QED) is 0.521. The molecule has 0 bridgehead atoms. The van der Waals surface area contributed by atoms with Gasteiger partial charge >= 0.3 is 0 Å². The Morgan fingerprint density at radius 2 is 1.65 bits per heavy atom. The van der Waals surface area contributed by atoms with E-state index in [1.165, 1.54) is 5.56 Å². The lowest BCUT2D eigenvalue weighted by Crippen LogP contribution is -2.06. The smallest absolute Gasteiger partial charge is 0.164 e. The zero-order valence-electron chi connectivity index (χ0n) is 17.3. The fourth-order valence-electron chi connectivity index (χ4n) is 4.09. The Morgan fingerprint density at radius 3 is 2.39 bits per heavy atom. The van der Waals surface area contributed by atoms with E-state index in [1.54, 1.807) is 0 Å². The van der Waals surface area contributed by atoms with E-state index < -0.39 is 0 Å². The number of hydrogen-bond acceptors (Lipinski definition) is 3. The van der Waals surface area contributed by atoms with E-state index in [9.17, 15) is 0 Å². The molecule has 1 atom stereocenters. The summed E-state index contributed by atoms with van der Waals surface area (Å²) in [6.07, 6.45) is 24.0.